The fourth-order valence-electron chi connectivity index (χ4n) is 2.04. The lowest BCUT2D eigenvalue weighted by atomic mass is 10.3. The normalized spacial score (nSPS) is 14.0. The number of anilines is 1. The molecule has 0 atom stereocenters. The maximum Gasteiger partial charge on any atom is 0.320 e. The molecule has 0 aromatic heterocycles. The van der Waals surface area contributed by atoms with E-state index < -0.39 is 0 Å². The summed E-state index contributed by atoms with van der Waals surface area (Å²) < 4.78 is 5.91. The number of hydrogen-bond donors (Lipinski definition) is 1. The van der Waals surface area contributed by atoms with E-state index in [9.17, 15) is 9.59 Å². The molecule has 0 saturated heterocycles. The first kappa shape index (κ1) is 16.0. The highest BCUT2D eigenvalue weighted by Crippen LogP contribution is 2.26. The topological polar surface area (TPSA) is 58.6 Å². The second kappa shape index (κ2) is 7.56. The average Bonchev–Trinajstić information content (AvgIpc) is 3.25. The highest BCUT2D eigenvalue weighted by atomic mass is 79.9. The van der Waals surface area contributed by atoms with Crippen LogP contribution in [0.3, 0.4) is 0 Å². The Hall–Kier alpha value is -1.40. The lowest BCUT2D eigenvalue weighted by Gasteiger charge is -2.20. The third kappa shape index (κ3) is 5.47. The fraction of sp³-hybridized carbons (Fsp3) is 0.467. The van der Waals surface area contributed by atoms with Crippen LogP contribution in [0.25, 0.3) is 0 Å². The van der Waals surface area contributed by atoms with E-state index >= 15 is 0 Å². The largest absolute Gasteiger partial charge is 0.465 e. The molecule has 2 rings (SSSR count). The van der Waals surface area contributed by atoms with Gasteiger partial charge < -0.3 is 10.1 Å². The van der Waals surface area contributed by atoms with Crippen LogP contribution in [0, 0.1) is 0 Å². The lowest BCUT2D eigenvalue weighted by Crippen LogP contribution is -2.39. The van der Waals surface area contributed by atoms with Gasteiger partial charge in [0.25, 0.3) is 0 Å². The minimum atomic E-state index is -0.277. The zero-order valence-electron chi connectivity index (χ0n) is 12.0. The van der Waals surface area contributed by atoms with Crippen LogP contribution < -0.4 is 5.32 Å². The van der Waals surface area contributed by atoms with Crippen LogP contribution >= 0.6 is 15.9 Å². The molecule has 6 heteroatoms. The van der Waals surface area contributed by atoms with Crippen molar-refractivity contribution in [2.45, 2.75) is 25.8 Å². The number of halogens is 1. The molecule has 0 heterocycles. The van der Waals surface area contributed by atoms with Gasteiger partial charge in [-0.15, -0.1) is 0 Å². The van der Waals surface area contributed by atoms with Crippen molar-refractivity contribution >= 4 is 33.5 Å². The van der Waals surface area contributed by atoms with E-state index in [0.29, 0.717) is 12.6 Å². The first-order chi connectivity index (χ1) is 10.1. The number of esters is 1. The second-order valence-electron chi connectivity index (χ2n) is 5.00. The summed E-state index contributed by atoms with van der Waals surface area (Å²) in [4.78, 5) is 25.5. The molecule has 1 aromatic rings. The van der Waals surface area contributed by atoms with E-state index in [1.54, 1.807) is 6.92 Å². The first-order valence-corrected chi connectivity index (χ1v) is 7.83. The van der Waals surface area contributed by atoms with Crippen molar-refractivity contribution < 1.29 is 14.3 Å². The van der Waals surface area contributed by atoms with Gasteiger partial charge in [0.05, 0.1) is 19.7 Å². The summed E-state index contributed by atoms with van der Waals surface area (Å²) in [5, 5.41) is 2.83. The number of rotatable bonds is 7. The molecule has 1 aliphatic carbocycles. The molecule has 1 aromatic carbocycles. The summed E-state index contributed by atoms with van der Waals surface area (Å²) in [6.45, 7) is 2.52. The smallest absolute Gasteiger partial charge is 0.320 e. The van der Waals surface area contributed by atoms with Gasteiger partial charge in [-0.25, -0.2) is 0 Å². The van der Waals surface area contributed by atoms with Gasteiger partial charge in [0.2, 0.25) is 5.91 Å². The molecule has 5 nitrogen and oxygen atoms in total. The quantitative estimate of drug-likeness (QED) is 0.764. The standard InChI is InChI=1S/C15H19BrN2O3/c1-2-21-15(20)10-18(13-7-8-13)9-14(19)17-12-5-3-11(16)4-6-12/h3-6,13H,2,7-10H2,1H3,(H,17,19). The Morgan fingerprint density at radius 2 is 1.95 bits per heavy atom. The summed E-state index contributed by atoms with van der Waals surface area (Å²) in [5.41, 5.74) is 0.745. The SMILES string of the molecule is CCOC(=O)CN(CC(=O)Nc1ccc(Br)cc1)C1CC1. The van der Waals surface area contributed by atoms with Gasteiger partial charge in [-0.2, -0.15) is 0 Å². The third-order valence-corrected chi connectivity index (χ3v) is 3.70. The van der Waals surface area contributed by atoms with E-state index in [2.05, 4.69) is 21.2 Å². The lowest BCUT2D eigenvalue weighted by molar-refractivity contribution is -0.144. The average molecular weight is 355 g/mol. The van der Waals surface area contributed by atoms with Gasteiger partial charge in [0, 0.05) is 16.2 Å². The fourth-order valence-corrected chi connectivity index (χ4v) is 2.31. The number of nitrogens with one attached hydrogen (secondary N) is 1. The van der Waals surface area contributed by atoms with Crippen LogP contribution in [0.1, 0.15) is 19.8 Å². The molecule has 1 fully saturated rings. The molecule has 21 heavy (non-hydrogen) atoms. The van der Waals surface area contributed by atoms with E-state index in [0.717, 1.165) is 23.0 Å². The van der Waals surface area contributed by atoms with Crippen molar-refractivity contribution in [2.24, 2.45) is 0 Å². The van der Waals surface area contributed by atoms with Gasteiger partial charge in [-0.05, 0) is 44.0 Å². The van der Waals surface area contributed by atoms with Crippen LogP contribution in [0.5, 0.6) is 0 Å². The molecule has 0 unspecified atom stereocenters. The van der Waals surface area contributed by atoms with Crippen molar-refractivity contribution in [3.63, 3.8) is 0 Å². The Kier molecular flexibility index (Phi) is 5.76. The Labute approximate surface area is 132 Å². The van der Waals surface area contributed by atoms with Crippen molar-refractivity contribution in [1.82, 2.24) is 4.90 Å². The molecule has 0 spiro atoms. The molecule has 114 valence electrons. The van der Waals surface area contributed by atoms with Crippen molar-refractivity contribution in [1.29, 1.82) is 0 Å². The number of carbonyl (C=O) groups excluding carboxylic acids is 2. The van der Waals surface area contributed by atoms with Gasteiger partial charge in [0.1, 0.15) is 0 Å². The molecule has 0 radical (unpaired) electrons. The monoisotopic (exact) mass is 354 g/mol. The Morgan fingerprint density at radius 3 is 2.52 bits per heavy atom. The van der Waals surface area contributed by atoms with Gasteiger partial charge in [-0.3, -0.25) is 14.5 Å². The van der Waals surface area contributed by atoms with Crippen molar-refractivity contribution in [3.05, 3.63) is 28.7 Å². The number of carbonyl (C=O) groups is 2. The van der Waals surface area contributed by atoms with Crippen LogP contribution in [0.15, 0.2) is 28.7 Å². The highest BCUT2D eigenvalue weighted by Gasteiger charge is 2.31. The van der Waals surface area contributed by atoms with E-state index in [1.807, 2.05) is 29.2 Å². The molecular weight excluding hydrogens is 336 g/mol. The molecule has 1 amide bonds. The molecule has 0 aliphatic heterocycles. The molecule has 0 bridgehead atoms. The number of ether oxygens (including phenoxy) is 1. The van der Waals surface area contributed by atoms with Gasteiger partial charge >= 0.3 is 5.97 Å². The molecular formula is C15H19BrN2O3. The van der Waals surface area contributed by atoms with Crippen molar-refractivity contribution in [2.75, 3.05) is 25.0 Å². The minimum absolute atomic E-state index is 0.117. The predicted molar refractivity (Wildman–Crippen MR) is 84.0 cm³/mol. The minimum Gasteiger partial charge on any atom is -0.465 e. The summed E-state index contributed by atoms with van der Waals surface area (Å²) in [7, 11) is 0. The number of nitrogens with zero attached hydrogens (tertiary/aromatic N) is 1. The molecule has 1 N–H and O–H groups in total. The van der Waals surface area contributed by atoms with Gasteiger partial charge in [0.15, 0.2) is 0 Å². The summed E-state index contributed by atoms with van der Waals surface area (Å²) in [5.74, 6) is -0.394. The number of amides is 1. The third-order valence-electron chi connectivity index (χ3n) is 3.18. The molecule has 1 saturated carbocycles. The maximum absolute atomic E-state index is 12.1. The first-order valence-electron chi connectivity index (χ1n) is 7.03. The highest BCUT2D eigenvalue weighted by molar-refractivity contribution is 9.10. The number of hydrogen-bond acceptors (Lipinski definition) is 4. The maximum atomic E-state index is 12.1. The van der Waals surface area contributed by atoms with Crippen LogP contribution in [-0.4, -0.2) is 42.5 Å². The Morgan fingerprint density at radius 1 is 1.29 bits per heavy atom. The van der Waals surface area contributed by atoms with Crippen LogP contribution in [0.4, 0.5) is 5.69 Å². The zero-order chi connectivity index (χ0) is 15.2. The van der Waals surface area contributed by atoms with E-state index in [1.165, 1.54) is 0 Å². The Bertz CT molecular complexity index is 500. The summed E-state index contributed by atoms with van der Waals surface area (Å²) in [6, 6.07) is 7.72. The summed E-state index contributed by atoms with van der Waals surface area (Å²) >= 11 is 3.35. The van der Waals surface area contributed by atoms with Crippen LogP contribution in [-0.2, 0) is 14.3 Å². The Balaban J connectivity index is 1.86. The van der Waals surface area contributed by atoms with Crippen LogP contribution in [0.2, 0.25) is 0 Å². The van der Waals surface area contributed by atoms with Gasteiger partial charge in [-0.1, -0.05) is 15.9 Å². The second-order valence-corrected chi connectivity index (χ2v) is 5.91. The number of benzene rings is 1. The van der Waals surface area contributed by atoms with E-state index in [4.69, 9.17) is 4.74 Å². The summed E-state index contributed by atoms with van der Waals surface area (Å²) in [6.07, 6.45) is 2.07. The zero-order valence-corrected chi connectivity index (χ0v) is 13.6. The van der Waals surface area contributed by atoms with E-state index in [-0.39, 0.29) is 25.0 Å². The predicted octanol–water partition coefficient (Wildman–Crippen LogP) is 2.42. The molecule has 1 aliphatic rings. The van der Waals surface area contributed by atoms with Crippen molar-refractivity contribution in [3.8, 4) is 0 Å².